The van der Waals surface area contributed by atoms with Gasteiger partial charge in [0.15, 0.2) is 0 Å². The zero-order valence-electron chi connectivity index (χ0n) is 9.48. The lowest BCUT2D eigenvalue weighted by Crippen LogP contribution is -2.34. The maximum atomic E-state index is 10.6. The van der Waals surface area contributed by atoms with Crippen LogP contribution in [0.5, 0.6) is 0 Å². The number of carboxylic acids is 1. The number of carbonyl (C=O) groups is 1. The first kappa shape index (κ1) is 10.9. The molecule has 0 aromatic carbocycles. The lowest BCUT2D eigenvalue weighted by molar-refractivity contribution is -0.137. The van der Waals surface area contributed by atoms with E-state index >= 15 is 0 Å². The van der Waals surface area contributed by atoms with Gasteiger partial charge in [-0.15, -0.1) is 0 Å². The molecule has 0 bridgehead atoms. The molecule has 0 spiro atoms. The van der Waals surface area contributed by atoms with Crippen molar-refractivity contribution in [1.82, 2.24) is 4.90 Å². The number of rotatable bonds is 5. The topological polar surface area (TPSA) is 40.5 Å². The summed E-state index contributed by atoms with van der Waals surface area (Å²) in [7, 11) is 2.19. The predicted octanol–water partition coefficient (Wildman–Crippen LogP) is 1.97. The highest BCUT2D eigenvalue weighted by Crippen LogP contribution is 2.44. The van der Waals surface area contributed by atoms with Crippen molar-refractivity contribution in [1.29, 1.82) is 0 Å². The molecule has 1 saturated carbocycles. The van der Waals surface area contributed by atoms with Gasteiger partial charge in [-0.05, 0) is 57.5 Å². The smallest absolute Gasteiger partial charge is 0.303 e. The molecular formula is C12H21NO2. The van der Waals surface area contributed by atoms with E-state index in [0.717, 1.165) is 12.3 Å². The monoisotopic (exact) mass is 211 g/mol. The average molecular weight is 211 g/mol. The number of likely N-dealkylation sites (tertiary alicyclic amines) is 1. The quantitative estimate of drug-likeness (QED) is 0.756. The predicted molar refractivity (Wildman–Crippen MR) is 58.7 cm³/mol. The Morgan fingerprint density at radius 2 is 2.20 bits per heavy atom. The third kappa shape index (κ3) is 2.71. The van der Waals surface area contributed by atoms with Crippen LogP contribution in [-0.4, -0.2) is 35.6 Å². The summed E-state index contributed by atoms with van der Waals surface area (Å²) in [6.07, 6.45) is 6.46. The molecule has 3 heteroatoms. The Morgan fingerprint density at radius 1 is 1.47 bits per heavy atom. The van der Waals surface area contributed by atoms with Crippen molar-refractivity contribution in [3.63, 3.8) is 0 Å². The number of hydrogen-bond acceptors (Lipinski definition) is 2. The van der Waals surface area contributed by atoms with Crippen LogP contribution in [0.4, 0.5) is 0 Å². The van der Waals surface area contributed by atoms with Crippen LogP contribution in [0.25, 0.3) is 0 Å². The van der Waals surface area contributed by atoms with Gasteiger partial charge < -0.3 is 10.0 Å². The Balaban J connectivity index is 1.90. The van der Waals surface area contributed by atoms with Gasteiger partial charge in [0.05, 0.1) is 0 Å². The van der Waals surface area contributed by atoms with E-state index in [1.54, 1.807) is 0 Å². The molecule has 2 rings (SSSR count). The molecule has 2 fully saturated rings. The molecule has 86 valence electrons. The minimum absolute atomic E-state index is 0.353. The minimum atomic E-state index is -0.638. The molecular weight excluding hydrogens is 190 g/mol. The van der Waals surface area contributed by atoms with Gasteiger partial charge in [-0.1, -0.05) is 0 Å². The largest absolute Gasteiger partial charge is 0.481 e. The summed E-state index contributed by atoms with van der Waals surface area (Å²) in [5, 5.41) is 8.76. The second-order valence-electron chi connectivity index (χ2n) is 5.12. The summed E-state index contributed by atoms with van der Waals surface area (Å²) in [5.41, 5.74) is 0. The molecule has 2 aliphatic rings. The fraction of sp³-hybridized carbons (Fsp3) is 0.917. The Labute approximate surface area is 91.5 Å². The van der Waals surface area contributed by atoms with Gasteiger partial charge in [-0.2, -0.15) is 0 Å². The first-order valence-electron chi connectivity index (χ1n) is 6.10. The standard InChI is InChI=1S/C12H21NO2/c1-13-8-2-3-11(13)10(9-4-5-9)6-7-12(14)15/h9-11H,2-8H2,1H3,(H,14,15). The highest BCUT2D eigenvalue weighted by atomic mass is 16.4. The van der Waals surface area contributed by atoms with E-state index < -0.39 is 5.97 Å². The molecule has 1 aliphatic carbocycles. The van der Waals surface area contributed by atoms with Crippen molar-refractivity contribution in [3.05, 3.63) is 0 Å². The summed E-state index contributed by atoms with van der Waals surface area (Å²) in [5.74, 6) is 0.838. The molecule has 2 atom stereocenters. The van der Waals surface area contributed by atoms with Gasteiger partial charge >= 0.3 is 5.97 Å². The molecule has 0 radical (unpaired) electrons. The fourth-order valence-corrected chi connectivity index (χ4v) is 3.03. The molecule has 0 amide bonds. The molecule has 0 aromatic heterocycles. The number of carboxylic acid groups (broad SMARTS) is 1. The molecule has 0 aromatic rings. The van der Waals surface area contributed by atoms with Crippen LogP contribution in [0, 0.1) is 11.8 Å². The molecule has 15 heavy (non-hydrogen) atoms. The van der Waals surface area contributed by atoms with E-state index in [9.17, 15) is 4.79 Å². The maximum absolute atomic E-state index is 10.6. The van der Waals surface area contributed by atoms with Gasteiger partial charge in [0.25, 0.3) is 0 Å². The third-order valence-electron chi connectivity index (χ3n) is 3.99. The second kappa shape index (κ2) is 4.52. The number of hydrogen-bond donors (Lipinski definition) is 1. The first-order valence-corrected chi connectivity index (χ1v) is 6.10. The van der Waals surface area contributed by atoms with E-state index in [2.05, 4.69) is 11.9 Å². The minimum Gasteiger partial charge on any atom is -0.481 e. The summed E-state index contributed by atoms with van der Waals surface area (Å²) in [4.78, 5) is 13.1. The molecule has 1 saturated heterocycles. The van der Waals surface area contributed by atoms with Crippen molar-refractivity contribution >= 4 is 5.97 Å². The van der Waals surface area contributed by atoms with Gasteiger partial charge in [0.1, 0.15) is 0 Å². The average Bonchev–Trinajstić information content (AvgIpc) is 2.92. The lowest BCUT2D eigenvalue weighted by atomic mass is 9.88. The second-order valence-corrected chi connectivity index (χ2v) is 5.12. The van der Waals surface area contributed by atoms with Gasteiger partial charge in [0.2, 0.25) is 0 Å². The van der Waals surface area contributed by atoms with Crippen molar-refractivity contribution in [3.8, 4) is 0 Å². The Kier molecular flexibility index (Phi) is 3.29. The van der Waals surface area contributed by atoms with E-state index in [1.165, 1.54) is 32.2 Å². The van der Waals surface area contributed by atoms with Crippen LogP contribution in [0.15, 0.2) is 0 Å². The van der Waals surface area contributed by atoms with Crippen LogP contribution in [0.2, 0.25) is 0 Å². The van der Waals surface area contributed by atoms with E-state index in [-0.39, 0.29) is 0 Å². The Morgan fingerprint density at radius 3 is 2.67 bits per heavy atom. The zero-order valence-corrected chi connectivity index (χ0v) is 9.48. The lowest BCUT2D eigenvalue weighted by Gasteiger charge is -2.28. The van der Waals surface area contributed by atoms with Crippen LogP contribution >= 0.6 is 0 Å². The Hall–Kier alpha value is -0.570. The highest BCUT2D eigenvalue weighted by molar-refractivity contribution is 5.66. The fourth-order valence-electron chi connectivity index (χ4n) is 3.03. The Bertz CT molecular complexity index is 238. The van der Waals surface area contributed by atoms with Crippen molar-refractivity contribution in [2.75, 3.05) is 13.6 Å². The van der Waals surface area contributed by atoms with Gasteiger partial charge in [-0.25, -0.2) is 0 Å². The van der Waals surface area contributed by atoms with E-state index in [4.69, 9.17) is 5.11 Å². The molecule has 2 unspecified atom stereocenters. The highest BCUT2D eigenvalue weighted by Gasteiger charge is 2.39. The SMILES string of the molecule is CN1CCCC1C(CCC(=O)O)C1CC1. The normalized spacial score (nSPS) is 29.3. The van der Waals surface area contributed by atoms with Crippen LogP contribution in [0.3, 0.4) is 0 Å². The third-order valence-corrected chi connectivity index (χ3v) is 3.99. The van der Waals surface area contributed by atoms with Gasteiger partial charge in [0, 0.05) is 12.5 Å². The first-order chi connectivity index (χ1) is 7.18. The molecule has 1 N–H and O–H groups in total. The zero-order chi connectivity index (χ0) is 10.8. The van der Waals surface area contributed by atoms with Crippen molar-refractivity contribution in [2.45, 2.75) is 44.6 Å². The summed E-state index contributed by atoms with van der Waals surface area (Å²) in [6, 6.07) is 0.664. The number of aliphatic carboxylic acids is 1. The summed E-state index contributed by atoms with van der Waals surface area (Å²) in [6.45, 7) is 1.20. The van der Waals surface area contributed by atoms with Crippen LogP contribution < -0.4 is 0 Å². The molecule has 1 heterocycles. The van der Waals surface area contributed by atoms with Crippen LogP contribution in [-0.2, 0) is 4.79 Å². The summed E-state index contributed by atoms with van der Waals surface area (Å²) >= 11 is 0. The van der Waals surface area contributed by atoms with Gasteiger partial charge in [-0.3, -0.25) is 4.79 Å². The number of nitrogens with zero attached hydrogens (tertiary/aromatic N) is 1. The van der Waals surface area contributed by atoms with E-state index in [1.807, 2.05) is 0 Å². The maximum Gasteiger partial charge on any atom is 0.303 e. The molecule has 1 aliphatic heterocycles. The molecule has 3 nitrogen and oxygen atoms in total. The summed E-state index contributed by atoms with van der Waals surface area (Å²) < 4.78 is 0. The van der Waals surface area contributed by atoms with Crippen LogP contribution in [0.1, 0.15) is 38.5 Å². The van der Waals surface area contributed by atoms with Crippen molar-refractivity contribution < 1.29 is 9.90 Å². The van der Waals surface area contributed by atoms with E-state index in [0.29, 0.717) is 18.4 Å². The van der Waals surface area contributed by atoms with Crippen molar-refractivity contribution in [2.24, 2.45) is 11.8 Å².